The van der Waals surface area contributed by atoms with Gasteiger partial charge in [0, 0.05) is 5.69 Å². The molecule has 1 amide bonds. The van der Waals surface area contributed by atoms with Crippen molar-refractivity contribution in [2.45, 2.75) is 39.5 Å². The van der Waals surface area contributed by atoms with Crippen LogP contribution in [-0.2, 0) is 4.79 Å². The average molecular weight is 217 g/mol. The predicted octanol–water partition coefficient (Wildman–Crippen LogP) is 3.55. The number of para-hydroxylation sites is 1. The molecule has 86 valence electrons. The van der Waals surface area contributed by atoms with Crippen LogP contribution in [0.5, 0.6) is 0 Å². The van der Waals surface area contributed by atoms with Gasteiger partial charge in [-0.3, -0.25) is 4.79 Å². The number of carbonyl (C=O) groups excluding carboxylic acids is 1. The van der Waals surface area contributed by atoms with Crippen LogP contribution in [0.25, 0.3) is 0 Å². The molecule has 1 unspecified atom stereocenters. The summed E-state index contributed by atoms with van der Waals surface area (Å²) in [5.74, 6) is 0.209. The number of hydrogen-bond donors (Lipinski definition) is 1. The maximum Gasteiger partial charge on any atom is 0.232 e. The molecule has 0 spiro atoms. The van der Waals surface area contributed by atoms with Crippen LogP contribution in [0.1, 0.15) is 45.1 Å². The zero-order valence-electron chi connectivity index (χ0n) is 10.2. The van der Waals surface area contributed by atoms with E-state index < -0.39 is 0 Å². The molecule has 2 nitrogen and oxygen atoms in total. The fourth-order valence-corrected chi connectivity index (χ4v) is 2.14. The lowest BCUT2D eigenvalue weighted by Gasteiger charge is -2.19. The van der Waals surface area contributed by atoms with Crippen molar-refractivity contribution < 1.29 is 4.79 Å². The van der Waals surface area contributed by atoms with Crippen LogP contribution in [0.2, 0.25) is 0 Å². The topological polar surface area (TPSA) is 29.1 Å². The molecule has 0 radical (unpaired) electrons. The molecule has 16 heavy (non-hydrogen) atoms. The van der Waals surface area contributed by atoms with Crippen molar-refractivity contribution >= 4 is 11.6 Å². The van der Waals surface area contributed by atoms with Crippen LogP contribution < -0.4 is 5.32 Å². The minimum Gasteiger partial charge on any atom is -0.325 e. The summed E-state index contributed by atoms with van der Waals surface area (Å²) in [5.41, 5.74) is 2.45. The summed E-state index contributed by atoms with van der Waals surface area (Å²) in [6.07, 6.45) is 2.01. The minimum atomic E-state index is 0.0513. The van der Waals surface area contributed by atoms with Gasteiger partial charge in [-0.05, 0) is 29.9 Å². The van der Waals surface area contributed by atoms with Gasteiger partial charge in [-0.1, -0.05) is 39.0 Å². The van der Waals surface area contributed by atoms with Crippen LogP contribution in [0.4, 0.5) is 5.69 Å². The van der Waals surface area contributed by atoms with Crippen molar-refractivity contribution in [1.29, 1.82) is 0 Å². The molecule has 1 aromatic rings. The predicted molar refractivity (Wildman–Crippen MR) is 66.5 cm³/mol. The molecule has 0 bridgehead atoms. The number of anilines is 1. The van der Waals surface area contributed by atoms with Gasteiger partial charge < -0.3 is 5.32 Å². The van der Waals surface area contributed by atoms with E-state index in [0.717, 1.165) is 24.1 Å². The highest BCUT2D eigenvalue weighted by Crippen LogP contribution is 2.37. The lowest BCUT2D eigenvalue weighted by molar-refractivity contribution is -0.117. The van der Waals surface area contributed by atoms with Gasteiger partial charge in [0.1, 0.15) is 0 Å². The highest BCUT2D eigenvalue weighted by molar-refractivity contribution is 6.02. The number of benzene rings is 1. The zero-order valence-corrected chi connectivity index (χ0v) is 10.2. The Morgan fingerprint density at radius 1 is 1.25 bits per heavy atom. The smallest absolute Gasteiger partial charge is 0.232 e. The normalized spacial score (nSPS) is 19.4. The standard InChI is InChI=1S/C14H19NO/c1-14(2,3)9-8-11-10-6-4-5-7-12(10)15-13(11)16/h4-7,11H,8-9H2,1-3H3,(H,15,16). The number of fused-ring (bicyclic) bond motifs is 1. The molecule has 1 heterocycles. The quantitative estimate of drug-likeness (QED) is 0.806. The van der Waals surface area contributed by atoms with Crippen molar-refractivity contribution in [3.05, 3.63) is 29.8 Å². The highest BCUT2D eigenvalue weighted by Gasteiger charge is 2.30. The summed E-state index contributed by atoms with van der Waals surface area (Å²) in [6.45, 7) is 6.64. The Balaban J connectivity index is 2.14. The van der Waals surface area contributed by atoms with Crippen LogP contribution in [0.15, 0.2) is 24.3 Å². The number of rotatable bonds is 2. The van der Waals surface area contributed by atoms with E-state index in [4.69, 9.17) is 0 Å². The summed E-state index contributed by atoms with van der Waals surface area (Å²) < 4.78 is 0. The van der Waals surface area contributed by atoms with E-state index in [-0.39, 0.29) is 17.2 Å². The van der Waals surface area contributed by atoms with Crippen LogP contribution in [0, 0.1) is 5.41 Å². The summed E-state index contributed by atoms with van der Waals surface area (Å²) >= 11 is 0. The molecule has 1 aliphatic heterocycles. The fraction of sp³-hybridized carbons (Fsp3) is 0.500. The highest BCUT2D eigenvalue weighted by atomic mass is 16.2. The molecular formula is C14H19NO. The lowest BCUT2D eigenvalue weighted by atomic mass is 9.85. The monoisotopic (exact) mass is 217 g/mol. The average Bonchev–Trinajstić information content (AvgIpc) is 2.49. The Hall–Kier alpha value is -1.31. The molecule has 1 N–H and O–H groups in total. The first-order chi connectivity index (χ1) is 7.47. The maximum atomic E-state index is 11.8. The van der Waals surface area contributed by atoms with E-state index in [1.165, 1.54) is 0 Å². The van der Waals surface area contributed by atoms with E-state index >= 15 is 0 Å². The summed E-state index contributed by atoms with van der Waals surface area (Å²) in [6, 6.07) is 8.00. The second-order valence-electron chi connectivity index (χ2n) is 5.73. The van der Waals surface area contributed by atoms with Gasteiger partial charge in [0.2, 0.25) is 5.91 Å². The molecule has 0 aromatic heterocycles. The van der Waals surface area contributed by atoms with E-state index in [9.17, 15) is 4.79 Å². The summed E-state index contributed by atoms with van der Waals surface area (Å²) in [7, 11) is 0. The third-order valence-electron chi connectivity index (χ3n) is 3.09. The van der Waals surface area contributed by atoms with Gasteiger partial charge in [-0.2, -0.15) is 0 Å². The first kappa shape index (κ1) is 11.2. The van der Waals surface area contributed by atoms with Gasteiger partial charge in [-0.25, -0.2) is 0 Å². The zero-order chi connectivity index (χ0) is 11.8. The lowest BCUT2D eigenvalue weighted by Crippen LogP contribution is -2.15. The van der Waals surface area contributed by atoms with Crippen LogP contribution in [-0.4, -0.2) is 5.91 Å². The second-order valence-corrected chi connectivity index (χ2v) is 5.73. The third kappa shape index (κ3) is 2.26. The Morgan fingerprint density at radius 2 is 1.94 bits per heavy atom. The number of carbonyl (C=O) groups is 1. The molecule has 2 rings (SSSR count). The Bertz CT molecular complexity index is 403. The molecule has 1 atom stereocenters. The van der Waals surface area contributed by atoms with Crippen molar-refractivity contribution in [2.24, 2.45) is 5.41 Å². The molecule has 1 aliphatic rings. The van der Waals surface area contributed by atoms with Gasteiger partial charge in [0.05, 0.1) is 5.92 Å². The summed E-state index contributed by atoms with van der Waals surface area (Å²) in [4.78, 5) is 11.8. The Labute approximate surface area is 97.1 Å². The maximum absolute atomic E-state index is 11.8. The molecule has 1 aromatic carbocycles. The van der Waals surface area contributed by atoms with E-state index in [1.807, 2.05) is 18.2 Å². The first-order valence-electron chi connectivity index (χ1n) is 5.87. The van der Waals surface area contributed by atoms with Crippen molar-refractivity contribution in [1.82, 2.24) is 0 Å². The van der Waals surface area contributed by atoms with Crippen molar-refractivity contribution in [3.8, 4) is 0 Å². The number of nitrogens with one attached hydrogen (secondary N) is 1. The minimum absolute atomic E-state index is 0.0513. The Kier molecular flexibility index (Phi) is 2.75. The molecule has 0 aliphatic carbocycles. The number of amides is 1. The van der Waals surface area contributed by atoms with Gasteiger partial charge in [0.25, 0.3) is 0 Å². The van der Waals surface area contributed by atoms with Crippen molar-refractivity contribution in [3.63, 3.8) is 0 Å². The van der Waals surface area contributed by atoms with Gasteiger partial charge >= 0.3 is 0 Å². The largest absolute Gasteiger partial charge is 0.325 e. The molecule has 0 saturated carbocycles. The fourth-order valence-electron chi connectivity index (χ4n) is 2.14. The van der Waals surface area contributed by atoms with Crippen molar-refractivity contribution in [2.75, 3.05) is 5.32 Å². The second kappa shape index (κ2) is 3.93. The number of hydrogen-bond acceptors (Lipinski definition) is 1. The van der Waals surface area contributed by atoms with Gasteiger partial charge in [-0.15, -0.1) is 0 Å². The van der Waals surface area contributed by atoms with E-state index in [2.05, 4.69) is 32.2 Å². The Morgan fingerprint density at radius 3 is 2.62 bits per heavy atom. The van der Waals surface area contributed by atoms with E-state index in [0.29, 0.717) is 0 Å². The molecule has 0 fully saturated rings. The SMILES string of the molecule is CC(C)(C)CCC1C(=O)Nc2ccccc21. The third-order valence-corrected chi connectivity index (χ3v) is 3.09. The van der Waals surface area contributed by atoms with Crippen LogP contribution in [0.3, 0.4) is 0 Å². The molecule has 0 saturated heterocycles. The summed E-state index contributed by atoms with van der Waals surface area (Å²) in [5, 5.41) is 2.94. The van der Waals surface area contributed by atoms with E-state index in [1.54, 1.807) is 0 Å². The molecular weight excluding hydrogens is 198 g/mol. The molecule has 2 heteroatoms. The first-order valence-corrected chi connectivity index (χ1v) is 5.87. The van der Waals surface area contributed by atoms with Gasteiger partial charge in [0.15, 0.2) is 0 Å². The van der Waals surface area contributed by atoms with Crippen LogP contribution >= 0.6 is 0 Å².